The number of aliphatic imine (C=N–C) groups is 1. The highest BCUT2D eigenvalue weighted by molar-refractivity contribution is 14.1. The zero-order chi connectivity index (χ0) is 28.7. The Morgan fingerprint density at radius 1 is 1.07 bits per heavy atom. The fourth-order valence-electron chi connectivity index (χ4n) is 4.90. The van der Waals surface area contributed by atoms with Crippen molar-refractivity contribution in [2.24, 2.45) is 4.99 Å². The first kappa shape index (κ1) is 30.3. The van der Waals surface area contributed by atoms with Gasteiger partial charge in [0.1, 0.15) is 0 Å². The van der Waals surface area contributed by atoms with E-state index in [-0.39, 0.29) is 6.04 Å². The van der Waals surface area contributed by atoms with Gasteiger partial charge in [0.25, 0.3) is 0 Å². The molecule has 208 valence electrons. The van der Waals surface area contributed by atoms with Gasteiger partial charge in [0.2, 0.25) is 0 Å². The van der Waals surface area contributed by atoms with Gasteiger partial charge in [-0.2, -0.15) is 0 Å². The van der Waals surface area contributed by atoms with Crippen molar-refractivity contribution in [1.82, 2.24) is 0 Å². The highest BCUT2D eigenvalue weighted by Gasteiger charge is 2.17. The molecule has 0 N–H and O–H groups in total. The second-order valence-corrected chi connectivity index (χ2v) is 10.8. The Bertz CT molecular complexity index is 1420. The molecule has 41 heavy (non-hydrogen) atoms. The van der Waals surface area contributed by atoms with Crippen LogP contribution in [-0.2, 0) is 0 Å². The molecular weight excluding hydrogens is 611 g/mol. The molecule has 0 aromatic heterocycles. The second kappa shape index (κ2) is 16.5. The summed E-state index contributed by atoms with van der Waals surface area (Å²) in [6.07, 6.45) is 36.5. The van der Waals surface area contributed by atoms with Crippen molar-refractivity contribution < 1.29 is 0 Å². The Morgan fingerprint density at radius 2 is 1.85 bits per heavy atom. The first-order valence-electron chi connectivity index (χ1n) is 14.3. The minimum atomic E-state index is 0.237. The van der Waals surface area contributed by atoms with Gasteiger partial charge in [-0.05, 0) is 90.8 Å². The predicted molar refractivity (Wildman–Crippen MR) is 189 cm³/mol. The zero-order valence-corrected chi connectivity index (χ0v) is 26.0. The number of alkyl halides is 1. The SMILES string of the molecule is C=C/C=C(\C=C/N(c1ccc(-c2ccc(N=CCI)cc2)cc1)C1C=CC(C/C=C\C=C/C)=CC1)C1=CC=CCC1. The molecule has 0 radical (unpaired) electrons. The van der Waals surface area contributed by atoms with Crippen LogP contribution in [-0.4, -0.2) is 16.7 Å². The van der Waals surface area contributed by atoms with E-state index in [1.807, 2.05) is 19.2 Å². The lowest BCUT2D eigenvalue weighted by molar-refractivity contribution is 0.771. The van der Waals surface area contributed by atoms with Crippen LogP contribution in [0.15, 0.2) is 162 Å². The fraction of sp³-hybridized carbons (Fsp3) is 0.184. The van der Waals surface area contributed by atoms with Crippen LogP contribution >= 0.6 is 22.6 Å². The van der Waals surface area contributed by atoms with E-state index in [0.29, 0.717) is 0 Å². The summed E-state index contributed by atoms with van der Waals surface area (Å²) in [4.78, 5) is 6.87. The molecule has 0 aliphatic heterocycles. The monoisotopic (exact) mass is 650 g/mol. The molecule has 0 spiro atoms. The quantitative estimate of drug-likeness (QED) is 0.0966. The van der Waals surface area contributed by atoms with Crippen molar-refractivity contribution in [1.29, 1.82) is 0 Å². The number of anilines is 1. The number of halogens is 1. The predicted octanol–water partition coefficient (Wildman–Crippen LogP) is 11.0. The normalized spacial score (nSPS) is 17.6. The maximum atomic E-state index is 4.48. The number of benzene rings is 2. The molecule has 2 aromatic carbocycles. The van der Waals surface area contributed by atoms with Crippen molar-refractivity contribution >= 4 is 40.2 Å². The summed E-state index contributed by atoms with van der Waals surface area (Å²) in [5.74, 6) is 0. The number of nitrogens with zero attached hydrogens (tertiary/aromatic N) is 2. The van der Waals surface area contributed by atoms with Crippen LogP contribution in [0.2, 0.25) is 0 Å². The molecule has 0 heterocycles. The first-order valence-corrected chi connectivity index (χ1v) is 15.8. The fourth-order valence-corrected chi connectivity index (χ4v) is 5.10. The van der Waals surface area contributed by atoms with E-state index < -0.39 is 0 Å². The van der Waals surface area contributed by atoms with Crippen LogP contribution in [0, 0.1) is 0 Å². The number of hydrogen-bond donors (Lipinski definition) is 0. The van der Waals surface area contributed by atoms with Gasteiger partial charge in [-0.1, -0.05) is 126 Å². The molecule has 0 saturated heterocycles. The van der Waals surface area contributed by atoms with Crippen molar-refractivity contribution in [3.05, 3.63) is 157 Å². The maximum absolute atomic E-state index is 4.48. The van der Waals surface area contributed by atoms with Gasteiger partial charge < -0.3 is 4.90 Å². The Hall–Kier alpha value is -3.70. The average molecular weight is 651 g/mol. The molecule has 2 nitrogen and oxygen atoms in total. The highest BCUT2D eigenvalue weighted by Crippen LogP contribution is 2.30. The zero-order valence-electron chi connectivity index (χ0n) is 23.9. The molecule has 2 aliphatic rings. The van der Waals surface area contributed by atoms with E-state index in [1.165, 1.54) is 33.5 Å². The lowest BCUT2D eigenvalue weighted by Gasteiger charge is -2.30. The van der Waals surface area contributed by atoms with E-state index in [2.05, 4.69) is 167 Å². The van der Waals surface area contributed by atoms with Crippen LogP contribution in [0.4, 0.5) is 11.4 Å². The minimum absolute atomic E-state index is 0.237. The average Bonchev–Trinajstić information content (AvgIpc) is 3.03. The topological polar surface area (TPSA) is 15.6 Å². The molecule has 0 amide bonds. The lowest BCUT2D eigenvalue weighted by atomic mass is 9.96. The van der Waals surface area contributed by atoms with E-state index in [0.717, 1.165) is 35.8 Å². The van der Waals surface area contributed by atoms with Crippen LogP contribution in [0.3, 0.4) is 0 Å². The summed E-state index contributed by atoms with van der Waals surface area (Å²) >= 11 is 2.30. The molecule has 3 heteroatoms. The first-order chi connectivity index (χ1) is 20.2. The molecule has 1 unspecified atom stereocenters. The van der Waals surface area contributed by atoms with E-state index in [4.69, 9.17) is 0 Å². The maximum Gasteiger partial charge on any atom is 0.0626 e. The van der Waals surface area contributed by atoms with E-state index >= 15 is 0 Å². The third-order valence-corrected chi connectivity index (χ3v) is 7.47. The van der Waals surface area contributed by atoms with Crippen LogP contribution < -0.4 is 4.90 Å². The third-order valence-electron chi connectivity index (χ3n) is 7.08. The van der Waals surface area contributed by atoms with Crippen LogP contribution in [0.5, 0.6) is 0 Å². The molecule has 1 atom stereocenters. The van der Waals surface area contributed by atoms with Gasteiger partial charge in [-0.3, -0.25) is 4.99 Å². The Kier molecular flexibility index (Phi) is 12.2. The Morgan fingerprint density at radius 3 is 2.49 bits per heavy atom. The van der Waals surface area contributed by atoms with Gasteiger partial charge in [-0.15, -0.1) is 0 Å². The standard InChI is InChI=1S/C38H39IN2/c1-3-5-6-8-12-31-15-23-37(24-16-31)41(30-27-32(11-4-2)33-13-9-7-10-14-33)38-25-19-35(20-26-38)34-17-21-36(22-18-34)40-29-28-39/h3-9,11,13,15-23,25-27,29-30,37H,2,10,12,14,24,28H2,1H3/b5-3-,8-6-,30-27-,32-11+,40-29?. The summed E-state index contributed by atoms with van der Waals surface area (Å²) in [6, 6.07) is 17.6. The largest absolute Gasteiger partial charge is 0.341 e. The highest BCUT2D eigenvalue weighted by atomic mass is 127. The molecule has 0 bridgehead atoms. The van der Waals surface area contributed by atoms with Gasteiger partial charge in [0.05, 0.1) is 11.7 Å². The van der Waals surface area contributed by atoms with Crippen LogP contribution in [0.1, 0.15) is 32.6 Å². The lowest BCUT2D eigenvalue weighted by Crippen LogP contribution is -2.29. The summed E-state index contributed by atoms with van der Waals surface area (Å²) in [7, 11) is 0. The Labute approximate surface area is 260 Å². The summed E-state index contributed by atoms with van der Waals surface area (Å²) in [6.45, 7) is 6.01. The molecule has 0 saturated carbocycles. The minimum Gasteiger partial charge on any atom is -0.341 e. The molecule has 0 fully saturated rings. The van der Waals surface area contributed by atoms with E-state index in [1.54, 1.807) is 0 Å². The van der Waals surface area contributed by atoms with E-state index in [9.17, 15) is 0 Å². The van der Waals surface area contributed by atoms with Crippen LogP contribution in [0.25, 0.3) is 11.1 Å². The van der Waals surface area contributed by atoms with Gasteiger partial charge in [0, 0.05) is 22.5 Å². The van der Waals surface area contributed by atoms with Crippen molar-refractivity contribution in [3.63, 3.8) is 0 Å². The smallest absolute Gasteiger partial charge is 0.0626 e. The third kappa shape index (κ3) is 9.15. The summed E-state index contributed by atoms with van der Waals surface area (Å²) < 4.78 is 0.909. The van der Waals surface area contributed by atoms with Gasteiger partial charge >= 0.3 is 0 Å². The Balaban J connectivity index is 1.59. The molecule has 2 aromatic rings. The summed E-state index contributed by atoms with van der Waals surface area (Å²) in [5.41, 5.74) is 8.46. The van der Waals surface area contributed by atoms with Gasteiger partial charge in [-0.25, -0.2) is 0 Å². The van der Waals surface area contributed by atoms with Crippen molar-refractivity contribution in [2.45, 2.75) is 38.6 Å². The number of allylic oxidation sites excluding steroid dienone is 14. The van der Waals surface area contributed by atoms with Gasteiger partial charge in [0.15, 0.2) is 0 Å². The number of hydrogen-bond acceptors (Lipinski definition) is 2. The molecule has 2 aliphatic carbocycles. The van der Waals surface area contributed by atoms with Crippen molar-refractivity contribution in [2.75, 3.05) is 9.33 Å². The summed E-state index contributed by atoms with van der Waals surface area (Å²) in [5, 5.41) is 0. The molecular formula is C38H39IN2. The number of rotatable bonds is 12. The molecule has 4 rings (SSSR count). The van der Waals surface area contributed by atoms with Crippen molar-refractivity contribution in [3.8, 4) is 11.1 Å². The second-order valence-electron chi connectivity index (χ2n) is 9.90.